The molecule has 7 nitrogen and oxygen atoms in total. The average Bonchev–Trinajstić information content (AvgIpc) is 3.11. The Morgan fingerprint density at radius 2 is 1.88 bits per heavy atom. The molecular weight excluding hydrogens is 346 g/mol. The van der Waals surface area contributed by atoms with E-state index in [0.29, 0.717) is 18.1 Å². The maximum Gasteiger partial charge on any atom is 0.387 e. The quantitative estimate of drug-likeness (QED) is 0.643. The van der Waals surface area contributed by atoms with Crippen LogP contribution in [0.5, 0.6) is 17.2 Å². The van der Waals surface area contributed by atoms with Crippen molar-refractivity contribution in [1.29, 1.82) is 0 Å². The van der Waals surface area contributed by atoms with Gasteiger partial charge in [0, 0.05) is 5.56 Å². The summed E-state index contributed by atoms with van der Waals surface area (Å²) in [5.74, 6) is 1.32. The average molecular weight is 362 g/mol. The molecule has 9 heteroatoms. The van der Waals surface area contributed by atoms with Crippen LogP contribution in [0.15, 0.2) is 42.5 Å². The third-order valence-corrected chi connectivity index (χ3v) is 3.55. The minimum Gasteiger partial charge on any atom is -0.497 e. The van der Waals surface area contributed by atoms with E-state index in [1.165, 1.54) is 18.0 Å². The summed E-state index contributed by atoms with van der Waals surface area (Å²) < 4.78 is 39.4. The Bertz CT molecular complexity index is 886. The van der Waals surface area contributed by atoms with Gasteiger partial charge in [0.1, 0.15) is 5.75 Å². The lowest BCUT2D eigenvalue weighted by atomic mass is 10.2. The monoisotopic (exact) mass is 362 g/mol. The summed E-state index contributed by atoms with van der Waals surface area (Å²) in [7, 11) is 2.96. The molecule has 0 bridgehead atoms. The molecule has 0 spiro atoms. The summed E-state index contributed by atoms with van der Waals surface area (Å²) in [5, 5.41) is 12.4. The Labute approximate surface area is 148 Å². The highest BCUT2D eigenvalue weighted by Crippen LogP contribution is 2.29. The number of aromatic nitrogens is 4. The van der Waals surface area contributed by atoms with Crippen molar-refractivity contribution in [3.63, 3.8) is 0 Å². The summed E-state index contributed by atoms with van der Waals surface area (Å²) in [6.07, 6.45) is 0. The zero-order valence-electron chi connectivity index (χ0n) is 14.1. The number of tetrazole rings is 1. The molecule has 0 aliphatic heterocycles. The number of benzene rings is 2. The van der Waals surface area contributed by atoms with Gasteiger partial charge in [0.25, 0.3) is 0 Å². The molecule has 26 heavy (non-hydrogen) atoms. The Balaban J connectivity index is 1.78. The maximum absolute atomic E-state index is 12.4. The third kappa shape index (κ3) is 4.05. The second-order valence-electron chi connectivity index (χ2n) is 5.24. The van der Waals surface area contributed by atoms with Crippen LogP contribution in [0.3, 0.4) is 0 Å². The molecule has 2 aromatic carbocycles. The summed E-state index contributed by atoms with van der Waals surface area (Å²) in [6, 6.07) is 12.0. The fourth-order valence-electron chi connectivity index (χ4n) is 2.35. The molecule has 136 valence electrons. The number of alkyl halides is 2. The van der Waals surface area contributed by atoms with E-state index >= 15 is 0 Å². The first-order valence-electron chi connectivity index (χ1n) is 7.63. The fourth-order valence-corrected chi connectivity index (χ4v) is 2.35. The molecule has 0 N–H and O–H groups in total. The topological polar surface area (TPSA) is 71.3 Å². The molecule has 0 saturated heterocycles. The second-order valence-corrected chi connectivity index (χ2v) is 5.24. The standard InChI is InChI=1S/C17H16F2N4O3/c1-24-13-5-3-4-12(9-13)16-20-22-23(21-16)10-11-6-7-14(26-17(18)19)15(8-11)25-2/h3-9,17H,10H2,1-2H3. The number of ether oxygens (including phenoxy) is 3. The van der Waals surface area contributed by atoms with Crippen molar-refractivity contribution < 1.29 is 23.0 Å². The SMILES string of the molecule is COc1cccc(-c2nnn(Cc3ccc(OC(F)F)c(OC)c3)n2)c1. The number of hydrogen-bond donors (Lipinski definition) is 0. The summed E-state index contributed by atoms with van der Waals surface area (Å²) in [6.45, 7) is -2.63. The van der Waals surface area contributed by atoms with Crippen LogP contribution in [0, 0.1) is 0 Å². The molecular formula is C17H16F2N4O3. The normalized spacial score (nSPS) is 10.8. The molecule has 0 aliphatic rings. The van der Waals surface area contributed by atoms with Crippen molar-refractivity contribution in [2.24, 2.45) is 0 Å². The highest BCUT2D eigenvalue weighted by atomic mass is 19.3. The Hall–Kier alpha value is -3.23. The second kappa shape index (κ2) is 7.77. The van der Waals surface area contributed by atoms with Crippen molar-refractivity contribution in [3.05, 3.63) is 48.0 Å². The lowest BCUT2D eigenvalue weighted by Gasteiger charge is -2.11. The molecule has 0 radical (unpaired) electrons. The van der Waals surface area contributed by atoms with E-state index in [2.05, 4.69) is 20.1 Å². The van der Waals surface area contributed by atoms with Crippen LogP contribution in [0.1, 0.15) is 5.56 Å². The zero-order valence-corrected chi connectivity index (χ0v) is 14.1. The fraction of sp³-hybridized carbons (Fsp3) is 0.235. The molecule has 1 heterocycles. The van der Waals surface area contributed by atoms with Crippen LogP contribution >= 0.6 is 0 Å². The Kier molecular flexibility index (Phi) is 5.26. The molecule has 3 aromatic rings. The lowest BCUT2D eigenvalue weighted by Crippen LogP contribution is -2.06. The predicted molar refractivity (Wildman–Crippen MR) is 88.5 cm³/mol. The van der Waals surface area contributed by atoms with Gasteiger partial charge in [-0.25, -0.2) is 0 Å². The van der Waals surface area contributed by atoms with Crippen LogP contribution < -0.4 is 14.2 Å². The zero-order chi connectivity index (χ0) is 18.5. The van der Waals surface area contributed by atoms with E-state index in [-0.39, 0.29) is 11.5 Å². The van der Waals surface area contributed by atoms with Gasteiger partial charge in [-0.15, -0.1) is 10.2 Å². The number of rotatable bonds is 7. The number of nitrogens with zero attached hydrogens (tertiary/aromatic N) is 4. The van der Waals surface area contributed by atoms with Gasteiger partial charge < -0.3 is 14.2 Å². The Morgan fingerprint density at radius 3 is 2.62 bits per heavy atom. The van der Waals surface area contributed by atoms with Gasteiger partial charge in [-0.1, -0.05) is 18.2 Å². The minimum absolute atomic E-state index is 0.0325. The van der Waals surface area contributed by atoms with Crippen molar-refractivity contribution in [2.45, 2.75) is 13.2 Å². The van der Waals surface area contributed by atoms with Crippen LogP contribution in [-0.2, 0) is 6.54 Å². The van der Waals surface area contributed by atoms with E-state index in [4.69, 9.17) is 9.47 Å². The highest BCUT2D eigenvalue weighted by Gasteiger charge is 2.12. The molecule has 0 saturated carbocycles. The van der Waals surface area contributed by atoms with Crippen LogP contribution in [-0.4, -0.2) is 41.0 Å². The molecule has 0 fully saturated rings. The maximum atomic E-state index is 12.4. The first-order chi connectivity index (χ1) is 12.6. The van der Waals surface area contributed by atoms with Crippen molar-refractivity contribution in [3.8, 4) is 28.6 Å². The first-order valence-corrected chi connectivity index (χ1v) is 7.63. The number of halogens is 2. The molecule has 0 atom stereocenters. The van der Waals surface area contributed by atoms with Gasteiger partial charge in [0.2, 0.25) is 5.82 Å². The van der Waals surface area contributed by atoms with Gasteiger partial charge in [0.15, 0.2) is 11.5 Å². The lowest BCUT2D eigenvalue weighted by molar-refractivity contribution is -0.0512. The summed E-state index contributed by atoms with van der Waals surface area (Å²) in [4.78, 5) is 1.40. The van der Waals surface area contributed by atoms with Crippen LogP contribution in [0.4, 0.5) is 8.78 Å². The van der Waals surface area contributed by atoms with Gasteiger partial charge in [0.05, 0.1) is 20.8 Å². The first kappa shape index (κ1) is 17.6. The third-order valence-electron chi connectivity index (χ3n) is 3.55. The van der Waals surface area contributed by atoms with E-state index in [9.17, 15) is 8.78 Å². The van der Waals surface area contributed by atoms with Crippen LogP contribution in [0.25, 0.3) is 11.4 Å². The van der Waals surface area contributed by atoms with Gasteiger partial charge in [-0.2, -0.15) is 13.6 Å². The molecule has 0 aliphatic carbocycles. The van der Waals surface area contributed by atoms with Gasteiger partial charge in [-0.3, -0.25) is 0 Å². The molecule has 0 amide bonds. The number of hydrogen-bond acceptors (Lipinski definition) is 6. The van der Waals surface area contributed by atoms with E-state index in [1.807, 2.05) is 18.2 Å². The summed E-state index contributed by atoms with van der Waals surface area (Å²) >= 11 is 0. The summed E-state index contributed by atoms with van der Waals surface area (Å²) in [5.41, 5.74) is 1.52. The number of methoxy groups -OCH3 is 2. The van der Waals surface area contributed by atoms with E-state index < -0.39 is 6.61 Å². The van der Waals surface area contributed by atoms with Crippen LogP contribution in [0.2, 0.25) is 0 Å². The van der Waals surface area contributed by atoms with E-state index in [0.717, 1.165) is 11.1 Å². The van der Waals surface area contributed by atoms with Gasteiger partial charge in [-0.05, 0) is 35.0 Å². The van der Waals surface area contributed by atoms with Crippen molar-refractivity contribution in [2.75, 3.05) is 14.2 Å². The molecule has 3 rings (SSSR count). The van der Waals surface area contributed by atoms with Gasteiger partial charge >= 0.3 is 6.61 Å². The predicted octanol–water partition coefficient (Wildman–Crippen LogP) is 3.01. The van der Waals surface area contributed by atoms with Crippen molar-refractivity contribution >= 4 is 0 Å². The smallest absolute Gasteiger partial charge is 0.387 e. The largest absolute Gasteiger partial charge is 0.497 e. The highest BCUT2D eigenvalue weighted by molar-refractivity contribution is 5.56. The van der Waals surface area contributed by atoms with E-state index in [1.54, 1.807) is 25.3 Å². The Morgan fingerprint density at radius 1 is 1.04 bits per heavy atom. The molecule has 1 aromatic heterocycles. The van der Waals surface area contributed by atoms with Crippen molar-refractivity contribution in [1.82, 2.24) is 20.2 Å². The molecule has 0 unspecified atom stereocenters. The minimum atomic E-state index is -2.92.